The van der Waals surface area contributed by atoms with Gasteiger partial charge in [-0.25, -0.2) is 0 Å². The van der Waals surface area contributed by atoms with Gasteiger partial charge in [-0.1, -0.05) is 41.4 Å². The molecule has 1 aromatic heterocycles. The Kier molecular flexibility index (Phi) is 4.34. The molecule has 0 bridgehead atoms. The van der Waals surface area contributed by atoms with Crippen LogP contribution in [0.5, 0.6) is 0 Å². The molecule has 0 saturated carbocycles. The van der Waals surface area contributed by atoms with Crippen LogP contribution in [-0.4, -0.2) is 9.55 Å². The zero-order valence-corrected chi connectivity index (χ0v) is 13.8. The van der Waals surface area contributed by atoms with Gasteiger partial charge in [0.1, 0.15) is 0 Å². The number of H-pyrrole nitrogens is 1. The maximum atomic E-state index is 12.5. The molecule has 3 aromatic rings. The van der Waals surface area contributed by atoms with Crippen LogP contribution in [-0.2, 0) is 13.0 Å². The van der Waals surface area contributed by atoms with Crippen molar-refractivity contribution < 1.29 is 0 Å². The van der Waals surface area contributed by atoms with Crippen molar-refractivity contribution in [3.8, 4) is 0 Å². The molecule has 3 rings (SSSR count). The molecule has 0 aliphatic rings. The highest BCUT2D eigenvalue weighted by Crippen LogP contribution is 2.21. The number of nitrogens with zero attached hydrogens (tertiary/aromatic N) is 1. The molecule has 22 heavy (non-hydrogen) atoms. The SMILES string of the molecule is O=c1c2ccccc2[nH]c(=S)n1CCc1ccc(Cl)cc1Cl. The van der Waals surface area contributed by atoms with E-state index in [2.05, 4.69) is 4.98 Å². The van der Waals surface area contributed by atoms with Crippen molar-refractivity contribution in [1.29, 1.82) is 0 Å². The molecule has 0 aliphatic carbocycles. The molecule has 3 nitrogen and oxygen atoms in total. The monoisotopic (exact) mass is 350 g/mol. The van der Waals surface area contributed by atoms with E-state index in [4.69, 9.17) is 35.4 Å². The number of nitrogens with one attached hydrogen (secondary N) is 1. The fourth-order valence-electron chi connectivity index (χ4n) is 2.36. The summed E-state index contributed by atoms with van der Waals surface area (Å²) in [5, 5.41) is 1.81. The molecular formula is C16H12Cl2N2OS. The predicted molar refractivity (Wildman–Crippen MR) is 93.6 cm³/mol. The van der Waals surface area contributed by atoms with Gasteiger partial charge in [-0.3, -0.25) is 9.36 Å². The Morgan fingerprint density at radius 3 is 2.68 bits per heavy atom. The lowest BCUT2D eigenvalue weighted by Gasteiger charge is -2.09. The Morgan fingerprint density at radius 2 is 1.91 bits per heavy atom. The van der Waals surface area contributed by atoms with Gasteiger partial charge in [0.2, 0.25) is 0 Å². The van der Waals surface area contributed by atoms with E-state index in [1.807, 2.05) is 24.3 Å². The molecule has 1 heterocycles. The third-order valence-corrected chi connectivity index (χ3v) is 4.42. The largest absolute Gasteiger partial charge is 0.332 e. The normalized spacial score (nSPS) is 11.0. The van der Waals surface area contributed by atoms with Crippen LogP contribution in [0, 0.1) is 4.77 Å². The van der Waals surface area contributed by atoms with E-state index in [0.717, 1.165) is 11.1 Å². The summed E-state index contributed by atoms with van der Waals surface area (Å²) in [5.74, 6) is 0. The van der Waals surface area contributed by atoms with E-state index in [9.17, 15) is 4.79 Å². The van der Waals surface area contributed by atoms with Gasteiger partial charge in [0.25, 0.3) is 5.56 Å². The number of hydrogen-bond donors (Lipinski definition) is 1. The third kappa shape index (κ3) is 2.95. The van der Waals surface area contributed by atoms with Crippen LogP contribution in [0.15, 0.2) is 47.3 Å². The predicted octanol–water partition coefficient (Wildman–Crippen LogP) is 4.61. The molecule has 112 valence electrons. The second-order valence-corrected chi connectivity index (χ2v) is 6.15. The minimum absolute atomic E-state index is 0.0931. The summed E-state index contributed by atoms with van der Waals surface area (Å²) >= 11 is 17.3. The molecular weight excluding hydrogens is 339 g/mol. The molecule has 0 saturated heterocycles. The Balaban J connectivity index is 1.97. The fourth-order valence-corrected chi connectivity index (χ4v) is 3.15. The van der Waals surface area contributed by atoms with Gasteiger partial charge in [0.05, 0.1) is 10.9 Å². The van der Waals surface area contributed by atoms with Crippen LogP contribution in [0.1, 0.15) is 5.56 Å². The zero-order chi connectivity index (χ0) is 15.7. The van der Waals surface area contributed by atoms with Gasteiger partial charge in [0.15, 0.2) is 4.77 Å². The van der Waals surface area contributed by atoms with Crippen molar-refractivity contribution >= 4 is 46.3 Å². The van der Waals surface area contributed by atoms with E-state index in [0.29, 0.717) is 33.2 Å². The van der Waals surface area contributed by atoms with Gasteiger partial charge < -0.3 is 4.98 Å². The number of benzene rings is 2. The summed E-state index contributed by atoms with van der Waals surface area (Å²) in [4.78, 5) is 15.6. The summed E-state index contributed by atoms with van der Waals surface area (Å²) < 4.78 is 1.97. The molecule has 2 aromatic carbocycles. The smallest absolute Gasteiger partial charge is 0.262 e. The number of halogens is 2. The Morgan fingerprint density at radius 1 is 1.14 bits per heavy atom. The number of fused-ring (bicyclic) bond motifs is 1. The Bertz CT molecular complexity index is 962. The van der Waals surface area contributed by atoms with E-state index in [1.165, 1.54) is 0 Å². The van der Waals surface area contributed by atoms with Crippen molar-refractivity contribution in [1.82, 2.24) is 9.55 Å². The quantitative estimate of drug-likeness (QED) is 0.700. The molecule has 0 spiro atoms. The number of aryl methyl sites for hydroxylation is 1. The molecule has 1 N–H and O–H groups in total. The van der Waals surface area contributed by atoms with Gasteiger partial charge in [-0.05, 0) is 48.5 Å². The van der Waals surface area contributed by atoms with Gasteiger partial charge in [0, 0.05) is 16.6 Å². The van der Waals surface area contributed by atoms with Crippen LogP contribution < -0.4 is 5.56 Å². The first-order chi connectivity index (χ1) is 10.6. The van der Waals surface area contributed by atoms with Crippen LogP contribution in [0.25, 0.3) is 10.9 Å². The van der Waals surface area contributed by atoms with Crippen LogP contribution in [0.3, 0.4) is 0 Å². The average Bonchev–Trinajstić information content (AvgIpc) is 2.49. The average molecular weight is 351 g/mol. The highest BCUT2D eigenvalue weighted by molar-refractivity contribution is 7.71. The second-order valence-electron chi connectivity index (χ2n) is 4.92. The Hall–Kier alpha value is -1.62. The third-order valence-electron chi connectivity index (χ3n) is 3.51. The van der Waals surface area contributed by atoms with Crippen molar-refractivity contribution in [3.63, 3.8) is 0 Å². The van der Waals surface area contributed by atoms with Crippen LogP contribution in [0.2, 0.25) is 10.0 Å². The van der Waals surface area contributed by atoms with E-state index in [-0.39, 0.29) is 5.56 Å². The van der Waals surface area contributed by atoms with Gasteiger partial charge in [-0.15, -0.1) is 0 Å². The van der Waals surface area contributed by atoms with E-state index < -0.39 is 0 Å². The number of rotatable bonds is 3. The highest BCUT2D eigenvalue weighted by atomic mass is 35.5. The Labute approximate surface area is 142 Å². The molecule has 0 unspecified atom stereocenters. The minimum atomic E-state index is -0.0931. The number of aromatic amines is 1. The summed E-state index contributed by atoms with van der Waals surface area (Å²) in [6.45, 7) is 0.459. The first-order valence-corrected chi connectivity index (χ1v) is 7.88. The highest BCUT2D eigenvalue weighted by Gasteiger charge is 2.07. The van der Waals surface area contributed by atoms with Crippen LogP contribution in [0.4, 0.5) is 0 Å². The lowest BCUT2D eigenvalue weighted by atomic mass is 10.1. The van der Waals surface area contributed by atoms with Crippen LogP contribution >= 0.6 is 35.4 Å². The number of hydrogen-bond acceptors (Lipinski definition) is 2. The molecule has 6 heteroatoms. The summed E-state index contributed by atoms with van der Waals surface area (Å²) in [6, 6.07) is 12.7. The second kappa shape index (κ2) is 6.24. The zero-order valence-electron chi connectivity index (χ0n) is 11.5. The van der Waals surface area contributed by atoms with Crippen molar-refractivity contribution in [2.45, 2.75) is 13.0 Å². The molecule has 0 atom stereocenters. The minimum Gasteiger partial charge on any atom is -0.332 e. The molecule has 0 fully saturated rings. The van der Waals surface area contributed by atoms with Gasteiger partial charge in [-0.2, -0.15) is 0 Å². The first-order valence-electron chi connectivity index (χ1n) is 6.72. The van der Waals surface area contributed by atoms with E-state index >= 15 is 0 Å². The first kappa shape index (κ1) is 15.3. The molecule has 0 aliphatic heterocycles. The summed E-state index contributed by atoms with van der Waals surface area (Å²) in [7, 11) is 0. The van der Waals surface area contributed by atoms with Crippen molar-refractivity contribution in [2.24, 2.45) is 0 Å². The summed E-state index contributed by atoms with van der Waals surface area (Å²) in [5.41, 5.74) is 1.59. The summed E-state index contributed by atoms with van der Waals surface area (Å²) in [6.07, 6.45) is 0.603. The molecule has 0 radical (unpaired) electrons. The standard InChI is InChI=1S/C16H12Cl2N2OS/c17-11-6-5-10(13(18)9-11)7-8-20-15(21)12-3-1-2-4-14(12)19-16(20)22/h1-6,9H,7-8H2,(H,19,22). The number of aromatic nitrogens is 2. The number of para-hydroxylation sites is 1. The topological polar surface area (TPSA) is 37.8 Å². The molecule has 0 amide bonds. The van der Waals surface area contributed by atoms with Crippen molar-refractivity contribution in [2.75, 3.05) is 0 Å². The van der Waals surface area contributed by atoms with Gasteiger partial charge >= 0.3 is 0 Å². The van der Waals surface area contributed by atoms with Crippen molar-refractivity contribution in [3.05, 3.63) is 73.2 Å². The fraction of sp³-hybridized carbons (Fsp3) is 0.125. The lowest BCUT2D eigenvalue weighted by molar-refractivity contribution is 0.652. The lowest BCUT2D eigenvalue weighted by Crippen LogP contribution is -2.23. The van der Waals surface area contributed by atoms with E-state index in [1.54, 1.807) is 22.8 Å². The maximum absolute atomic E-state index is 12.5. The maximum Gasteiger partial charge on any atom is 0.262 e.